The highest BCUT2D eigenvalue weighted by Crippen LogP contribution is 2.36. The Labute approximate surface area is 123 Å². The second kappa shape index (κ2) is 7.30. The van der Waals surface area contributed by atoms with Crippen LogP contribution >= 0.6 is 0 Å². The highest BCUT2D eigenvalue weighted by atomic mass is 16.7. The van der Waals surface area contributed by atoms with Crippen molar-refractivity contribution in [3.8, 4) is 5.75 Å². The summed E-state index contributed by atoms with van der Waals surface area (Å²) in [6, 6.07) is 6.10. The van der Waals surface area contributed by atoms with Crippen LogP contribution in [0.3, 0.4) is 0 Å². The molecule has 0 heterocycles. The molecule has 1 aliphatic carbocycles. The van der Waals surface area contributed by atoms with Gasteiger partial charge in [-0.3, -0.25) is 0 Å². The molecule has 0 radical (unpaired) electrons. The van der Waals surface area contributed by atoms with Gasteiger partial charge in [-0.2, -0.15) is 0 Å². The fraction of sp³-hybridized carbons (Fsp3) is 0.444. The van der Waals surface area contributed by atoms with E-state index in [1.54, 1.807) is 7.11 Å². The zero-order valence-electron chi connectivity index (χ0n) is 13.3. The molecule has 1 aliphatic rings. The molecule has 0 amide bonds. The quantitative estimate of drug-likeness (QED) is 0.731. The molecule has 1 aromatic carbocycles. The van der Waals surface area contributed by atoms with Gasteiger partial charge >= 0.3 is 0 Å². The lowest BCUT2D eigenvalue weighted by molar-refractivity contribution is -0.0833. The number of hydrogen-bond donors (Lipinski definition) is 0. The summed E-state index contributed by atoms with van der Waals surface area (Å²) in [5.74, 6) is 1.13. The van der Waals surface area contributed by atoms with Gasteiger partial charge in [0.2, 0.25) is 6.29 Å². The van der Waals surface area contributed by atoms with Gasteiger partial charge in [-0.1, -0.05) is 46.9 Å². The Balaban J connectivity index is 0.000000956. The van der Waals surface area contributed by atoms with E-state index in [2.05, 4.69) is 33.1 Å². The molecule has 0 aromatic heterocycles. The number of ether oxygens (including phenoxy) is 2. The topological polar surface area (TPSA) is 18.5 Å². The SMILES string of the molecule is C=C1Cc2ccc(OC(OC)C(C)C)cc2C1=C.CC. The largest absolute Gasteiger partial charge is 0.465 e. The van der Waals surface area contributed by atoms with Gasteiger partial charge in [-0.25, -0.2) is 0 Å². The Kier molecular flexibility index (Phi) is 6.03. The lowest BCUT2D eigenvalue weighted by Gasteiger charge is -2.21. The van der Waals surface area contributed by atoms with Crippen molar-refractivity contribution in [1.29, 1.82) is 0 Å². The maximum atomic E-state index is 5.84. The highest BCUT2D eigenvalue weighted by molar-refractivity contribution is 5.84. The summed E-state index contributed by atoms with van der Waals surface area (Å²) in [5.41, 5.74) is 4.54. The second-order valence-corrected chi connectivity index (χ2v) is 5.04. The first-order chi connectivity index (χ1) is 9.52. The number of hydrogen-bond acceptors (Lipinski definition) is 2. The van der Waals surface area contributed by atoms with E-state index in [1.807, 2.05) is 26.0 Å². The molecule has 0 saturated carbocycles. The molecule has 0 aliphatic heterocycles. The summed E-state index contributed by atoms with van der Waals surface area (Å²) in [6.07, 6.45) is 0.674. The van der Waals surface area contributed by atoms with Crippen molar-refractivity contribution >= 4 is 5.57 Å². The minimum atomic E-state index is -0.221. The molecule has 1 unspecified atom stereocenters. The lowest BCUT2D eigenvalue weighted by atomic mass is 10.1. The van der Waals surface area contributed by atoms with Crippen LogP contribution in [-0.4, -0.2) is 13.4 Å². The Morgan fingerprint density at radius 2 is 1.80 bits per heavy atom. The molecule has 1 aromatic rings. The van der Waals surface area contributed by atoms with Crippen molar-refractivity contribution in [3.63, 3.8) is 0 Å². The van der Waals surface area contributed by atoms with Gasteiger partial charge in [0, 0.05) is 13.0 Å². The number of fused-ring (bicyclic) bond motifs is 1. The monoisotopic (exact) mass is 274 g/mol. The standard InChI is InChI=1S/C16H20O2.C2H6/c1-10(2)16(17-5)18-14-7-6-13-8-11(3)12(4)15(13)9-14;1-2/h6-7,9-10,16H,3-4,8H2,1-2,5H3;1-2H3. The molecule has 20 heavy (non-hydrogen) atoms. The van der Waals surface area contributed by atoms with E-state index in [1.165, 1.54) is 5.56 Å². The third-order valence-electron chi connectivity index (χ3n) is 3.27. The van der Waals surface area contributed by atoms with Crippen LogP contribution in [0.2, 0.25) is 0 Å². The fourth-order valence-electron chi connectivity index (χ4n) is 2.18. The smallest absolute Gasteiger partial charge is 0.201 e. The van der Waals surface area contributed by atoms with Crippen LogP contribution in [-0.2, 0) is 11.2 Å². The van der Waals surface area contributed by atoms with E-state index in [0.29, 0.717) is 5.92 Å². The molecule has 110 valence electrons. The van der Waals surface area contributed by atoms with E-state index in [0.717, 1.165) is 28.9 Å². The summed E-state index contributed by atoms with van der Waals surface area (Å²) >= 11 is 0. The highest BCUT2D eigenvalue weighted by Gasteiger charge is 2.20. The Hall–Kier alpha value is -1.54. The molecule has 1 atom stereocenters. The van der Waals surface area contributed by atoms with Crippen LogP contribution in [0.25, 0.3) is 5.57 Å². The van der Waals surface area contributed by atoms with E-state index in [9.17, 15) is 0 Å². The first-order valence-electron chi connectivity index (χ1n) is 7.22. The van der Waals surface area contributed by atoms with E-state index in [4.69, 9.17) is 9.47 Å². The predicted molar refractivity (Wildman–Crippen MR) is 85.9 cm³/mol. The molecular weight excluding hydrogens is 248 g/mol. The first kappa shape index (κ1) is 16.5. The van der Waals surface area contributed by atoms with Crippen LogP contribution in [0, 0.1) is 5.92 Å². The normalized spacial score (nSPS) is 14.7. The predicted octanol–water partition coefficient (Wildman–Crippen LogP) is 4.85. The summed E-state index contributed by atoms with van der Waals surface area (Å²) in [7, 11) is 1.67. The van der Waals surface area contributed by atoms with E-state index in [-0.39, 0.29) is 6.29 Å². The van der Waals surface area contributed by atoms with Gasteiger partial charge < -0.3 is 9.47 Å². The minimum absolute atomic E-state index is 0.221. The number of rotatable bonds is 4. The van der Waals surface area contributed by atoms with Crippen LogP contribution in [0.4, 0.5) is 0 Å². The summed E-state index contributed by atoms with van der Waals surface area (Å²) < 4.78 is 11.2. The molecule has 0 bridgehead atoms. The van der Waals surface area contributed by atoms with Gasteiger partial charge in [0.15, 0.2) is 0 Å². The maximum absolute atomic E-state index is 5.84. The van der Waals surface area contributed by atoms with Crippen LogP contribution < -0.4 is 4.74 Å². The molecular formula is C18H26O2. The number of benzene rings is 1. The second-order valence-electron chi connectivity index (χ2n) is 5.04. The average molecular weight is 274 g/mol. The molecule has 0 saturated heterocycles. The zero-order chi connectivity index (χ0) is 15.3. The van der Waals surface area contributed by atoms with Crippen molar-refractivity contribution in [3.05, 3.63) is 48.1 Å². The number of methoxy groups -OCH3 is 1. The maximum Gasteiger partial charge on any atom is 0.201 e. The zero-order valence-corrected chi connectivity index (χ0v) is 13.3. The third kappa shape index (κ3) is 3.51. The van der Waals surface area contributed by atoms with Crippen LogP contribution in [0.5, 0.6) is 5.75 Å². The molecule has 2 rings (SSSR count). The van der Waals surface area contributed by atoms with Crippen molar-refractivity contribution in [2.24, 2.45) is 5.92 Å². The molecule has 2 heteroatoms. The van der Waals surface area contributed by atoms with Crippen LogP contribution in [0.1, 0.15) is 38.8 Å². The molecule has 0 spiro atoms. The lowest BCUT2D eigenvalue weighted by Crippen LogP contribution is -2.25. The fourth-order valence-corrected chi connectivity index (χ4v) is 2.18. The van der Waals surface area contributed by atoms with Gasteiger partial charge in [-0.15, -0.1) is 0 Å². The van der Waals surface area contributed by atoms with Gasteiger partial charge in [0.25, 0.3) is 0 Å². The molecule has 0 N–H and O–H groups in total. The average Bonchev–Trinajstić information content (AvgIpc) is 2.73. The van der Waals surface area contributed by atoms with Crippen molar-refractivity contribution in [1.82, 2.24) is 0 Å². The van der Waals surface area contributed by atoms with Gasteiger partial charge in [0.1, 0.15) is 5.75 Å². The summed E-state index contributed by atoms with van der Waals surface area (Å²) in [6.45, 7) is 16.2. The van der Waals surface area contributed by atoms with E-state index >= 15 is 0 Å². The van der Waals surface area contributed by atoms with Gasteiger partial charge in [0.05, 0.1) is 0 Å². The molecule has 2 nitrogen and oxygen atoms in total. The minimum Gasteiger partial charge on any atom is -0.465 e. The van der Waals surface area contributed by atoms with Crippen molar-refractivity contribution < 1.29 is 9.47 Å². The first-order valence-corrected chi connectivity index (χ1v) is 7.22. The van der Waals surface area contributed by atoms with Crippen molar-refractivity contribution in [2.45, 2.75) is 40.4 Å². The Morgan fingerprint density at radius 1 is 1.15 bits per heavy atom. The third-order valence-corrected chi connectivity index (χ3v) is 3.27. The van der Waals surface area contributed by atoms with Crippen LogP contribution in [0.15, 0.2) is 36.9 Å². The Morgan fingerprint density at radius 3 is 2.35 bits per heavy atom. The summed E-state index contributed by atoms with van der Waals surface area (Å²) in [5, 5.41) is 0. The summed E-state index contributed by atoms with van der Waals surface area (Å²) in [4.78, 5) is 0. The van der Waals surface area contributed by atoms with E-state index < -0.39 is 0 Å². The Bertz CT molecular complexity index is 486. The van der Waals surface area contributed by atoms with Crippen molar-refractivity contribution in [2.75, 3.05) is 7.11 Å². The molecule has 0 fully saturated rings. The number of allylic oxidation sites excluding steroid dienone is 2. The van der Waals surface area contributed by atoms with Gasteiger partial charge in [-0.05, 0) is 40.8 Å².